The summed E-state index contributed by atoms with van der Waals surface area (Å²) in [6, 6.07) is 12.7. The molecule has 0 amide bonds. The fourth-order valence-corrected chi connectivity index (χ4v) is 3.23. The minimum absolute atomic E-state index is 0.240. The summed E-state index contributed by atoms with van der Waals surface area (Å²) in [6.07, 6.45) is 5.36. The molecule has 0 radical (unpaired) electrons. The normalized spacial score (nSPS) is 15.1. The van der Waals surface area contributed by atoms with Crippen LogP contribution in [-0.4, -0.2) is 41.2 Å². The van der Waals surface area contributed by atoms with Crippen molar-refractivity contribution in [2.24, 2.45) is 0 Å². The number of ether oxygens (including phenoxy) is 1. The molecule has 4 rings (SSSR count). The Hall–Kier alpha value is -2.63. The number of hydrogen-bond acceptors (Lipinski definition) is 4. The molecule has 0 aliphatic carbocycles. The Labute approximate surface area is 152 Å². The molecule has 132 valence electrons. The molecule has 1 fully saturated rings. The number of aromatic nitrogens is 2. The molecule has 0 unspecified atom stereocenters. The van der Waals surface area contributed by atoms with E-state index in [1.54, 1.807) is 24.5 Å². The summed E-state index contributed by atoms with van der Waals surface area (Å²) in [7, 11) is 0. The molecule has 1 aromatic carbocycles. The van der Waals surface area contributed by atoms with Gasteiger partial charge in [-0.05, 0) is 41.5 Å². The van der Waals surface area contributed by atoms with Gasteiger partial charge >= 0.3 is 0 Å². The first-order chi connectivity index (χ1) is 12.8. The van der Waals surface area contributed by atoms with E-state index in [4.69, 9.17) is 9.72 Å². The van der Waals surface area contributed by atoms with Crippen molar-refractivity contribution >= 4 is 0 Å². The van der Waals surface area contributed by atoms with E-state index in [2.05, 4.69) is 16.0 Å². The van der Waals surface area contributed by atoms with Gasteiger partial charge in [0.2, 0.25) is 0 Å². The highest BCUT2D eigenvalue weighted by molar-refractivity contribution is 5.69. The van der Waals surface area contributed by atoms with E-state index in [0.29, 0.717) is 0 Å². The van der Waals surface area contributed by atoms with Gasteiger partial charge in [0.1, 0.15) is 5.82 Å². The van der Waals surface area contributed by atoms with Crippen molar-refractivity contribution < 1.29 is 9.13 Å². The van der Waals surface area contributed by atoms with E-state index < -0.39 is 0 Å². The molecule has 5 heteroatoms. The summed E-state index contributed by atoms with van der Waals surface area (Å²) < 4.78 is 19.1. The Morgan fingerprint density at radius 3 is 2.54 bits per heavy atom. The van der Waals surface area contributed by atoms with Crippen molar-refractivity contribution in [3.8, 4) is 22.4 Å². The smallest absolute Gasteiger partial charge is 0.123 e. The Balaban J connectivity index is 1.74. The zero-order valence-electron chi connectivity index (χ0n) is 14.4. The SMILES string of the molecule is Fc1cccc(-c2cnc(-c3ccncc3)c(CN3CCOCC3)c2)c1. The number of benzene rings is 1. The number of pyridine rings is 2. The van der Waals surface area contributed by atoms with E-state index in [-0.39, 0.29) is 5.82 Å². The van der Waals surface area contributed by atoms with Crippen LogP contribution >= 0.6 is 0 Å². The molecular formula is C21H20FN3O. The maximum absolute atomic E-state index is 13.6. The Morgan fingerprint density at radius 1 is 0.962 bits per heavy atom. The first-order valence-electron chi connectivity index (χ1n) is 8.75. The third-order valence-electron chi connectivity index (χ3n) is 4.58. The summed E-state index contributed by atoms with van der Waals surface area (Å²) in [4.78, 5) is 11.2. The van der Waals surface area contributed by atoms with Crippen molar-refractivity contribution in [3.63, 3.8) is 0 Å². The highest BCUT2D eigenvalue weighted by atomic mass is 19.1. The molecule has 3 aromatic rings. The number of nitrogens with zero attached hydrogens (tertiary/aromatic N) is 3. The van der Waals surface area contributed by atoms with E-state index >= 15 is 0 Å². The molecule has 1 saturated heterocycles. The zero-order valence-corrected chi connectivity index (χ0v) is 14.4. The molecule has 0 N–H and O–H groups in total. The maximum Gasteiger partial charge on any atom is 0.123 e. The van der Waals surface area contributed by atoms with Crippen LogP contribution in [0, 0.1) is 5.82 Å². The third kappa shape index (κ3) is 3.79. The second-order valence-corrected chi connectivity index (χ2v) is 6.37. The molecule has 26 heavy (non-hydrogen) atoms. The molecular weight excluding hydrogens is 329 g/mol. The van der Waals surface area contributed by atoms with Gasteiger partial charge in [0.25, 0.3) is 0 Å². The van der Waals surface area contributed by atoms with Gasteiger partial charge in [-0.1, -0.05) is 12.1 Å². The van der Waals surface area contributed by atoms with Crippen LogP contribution in [0.1, 0.15) is 5.56 Å². The number of halogens is 1. The fourth-order valence-electron chi connectivity index (χ4n) is 3.23. The van der Waals surface area contributed by atoms with Crippen LogP contribution in [0.3, 0.4) is 0 Å². The van der Waals surface area contributed by atoms with Crippen LogP contribution in [-0.2, 0) is 11.3 Å². The summed E-state index contributed by atoms with van der Waals surface area (Å²) in [5.41, 5.74) is 4.86. The summed E-state index contributed by atoms with van der Waals surface area (Å²) >= 11 is 0. The molecule has 2 aromatic heterocycles. The van der Waals surface area contributed by atoms with E-state index in [1.807, 2.05) is 24.4 Å². The molecule has 0 saturated carbocycles. The highest BCUT2D eigenvalue weighted by Crippen LogP contribution is 2.28. The molecule has 3 heterocycles. The largest absolute Gasteiger partial charge is 0.379 e. The van der Waals surface area contributed by atoms with Gasteiger partial charge in [0, 0.05) is 49.4 Å². The monoisotopic (exact) mass is 349 g/mol. The van der Waals surface area contributed by atoms with Crippen LogP contribution in [0.25, 0.3) is 22.4 Å². The van der Waals surface area contributed by atoms with Gasteiger partial charge in [0.05, 0.1) is 18.9 Å². The second kappa shape index (κ2) is 7.72. The van der Waals surface area contributed by atoms with Gasteiger partial charge in [-0.3, -0.25) is 14.9 Å². The molecule has 1 aliphatic rings. The van der Waals surface area contributed by atoms with Gasteiger partial charge in [-0.25, -0.2) is 4.39 Å². The molecule has 0 atom stereocenters. The van der Waals surface area contributed by atoms with Gasteiger partial charge in [-0.15, -0.1) is 0 Å². The van der Waals surface area contributed by atoms with Crippen LogP contribution in [0.15, 0.2) is 61.1 Å². The van der Waals surface area contributed by atoms with Crippen molar-refractivity contribution in [1.29, 1.82) is 0 Å². The van der Waals surface area contributed by atoms with Crippen molar-refractivity contribution in [3.05, 3.63) is 72.4 Å². The van der Waals surface area contributed by atoms with Crippen LogP contribution in [0.5, 0.6) is 0 Å². The first-order valence-corrected chi connectivity index (χ1v) is 8.75. The summed E-state index contributed by atoms with van der Waals surface area (Å²) in [6.45, 7) is 4.10. The highest BCUT2D eigenvalue weighted by Gasteiger charge is 2.15. The maximum atomic E-state index is 13.6. The van der Waals surface area contributed by atoms with Crippen molar-refractivity contribution in [2.45, 2.75) is 6.54 Å². The van der Waals surface area contributed by atoms with Crippen LogP contribution in [0.4, 0.5) is 4.39 Å². The minimum atomic E-state index is -0.240. The Bertz CT molecular complexity index is 879. The second-order valence-electron chi connectivity index (χ2n) is 6.37. The molecule has 0 bridgehead atoms. The lowest BCUT2D eigenvalue weighted by Gasteiger charge is -2.27. The van der Waals surface area contributed by atoms with E-state index in [1.165, 1.54) is 6.07 Å². The zero-order chi connectivity index (χ0) is 17.8. The van der Waals surface area contributed by atoms with E-state index in [9.17, 15) is 4.39 Å². The topological polar surface area (TPSA) is 38.2 Å². The molecule has 1 aliphatic heterocycles. The Morgan fingerprint density at radius 2 is 1.77 bits per heavy atom. The summed E-state index contributed by atoms with van der Waals surface area (Å²) in [5.74, 6) is -0.240. The van der Waals surface area contributed by atoms with Gasteiger partial charge in [-0.2, -0.15) is 0 Å². The average Bonchev–Trinajstić information content (AvgIpc) is 2.69. The predicted octanol–water partition coefficient (Wildman–Crippen LogP) is 3.78. The summed E-state index contributed by atoms with van der Waals surface area (Å²) in [5, 5.41) is 0. The fraction of sp³-hybridized carbons (Fsp3) is 0.238. The average molecular weight is 349 g/mol. The van der Waals surface area contributed by atoms with E-state index in [0.717, 1.165) is 60.8 Å². The van der Waals surface area contributed by atoms with Crippen molar-refractivity contribution in [2.75, 3.05) is 26.3 Å². The van der Waals surface area contributed by atoms with Gasteiger partial charge < -0.3 is 4.74 Å². The lowest BCUT2D eigenvalue weighted by molar-refractivity contribution is 0.0342. The third-order valence-corrected chi connectivity index (χ3v) is 4.58. The molecule has 4 nitrogen and oxygen atoms in total. The van der Waals surface area contributed by atoms with Crippen LogP contribution in [0.2, 0.25) is 0 Å². The van der Waals surface area contributed by atoms with Crippen molar-refractivity contribution in [1.82, 2.24) is 14.9 Å². The first kappa shape index (κ1) is 16.8. The number of hydrogen-bond donors (Lipinski definition) is 0. The standard InChI is InChI=1S/C21H20FN3O/c22-20-3-1-2-17(13-20)18-12-19(15-25-8-10-26-11-9-25)21(24-14-18)16-4-6-23-7-5-16/h1-7,12-14H,8-11,15H2. The minimum Gasteiger partial charge on any atom is -0.379 e. The van der Waals surface area contributed by atoms with Crippen LogP contribution < -0.4 is 0 Å². The quantitative estimate of drug-likeness (QED) is 0.718. The number of rotatable bonds is 4. The lowest BCUT2D eigenvalue weighted by Crippen LogP contribution is -2.35. The molecule has 0 spiro atoms. The number of morpholine rings is 1. The van der Waals surface area contributed by atoms with Gasteiger partial charge in [0.15, 0.2) is 0 Å². The predicted molar refractivity (Wildman–Crippen MR) is 99.0 cm³/mol. The lowest BCUT2D eigenvalue weighted by atomic mass is 10.0. The Kier molecular flexibility index (Phi) is 5.00.